The lowest BCUT2D eigenvalue weighted by Crippen LogP contribution is -2.51. The zero-order chi connectivity index (χ0) is 13.4. The van der Waals surface area contributed by atoms with Gasteiger partial charge >= 0.3 is 0 Å². The van der Waals surface area contributed by atoms with Gasteiger partial charge in [-0.15, -0.1) is 0 Å². The molecular weight excluding hydrogens is 225 g/mol. The number of halogens is 1. The van der Waals surface area contributed by atoms with E-state index >= 15 is 0 Å². The van der Waals surface area contributed by atoms with Crippen LogP contribution in [0.4, 0.5) is 4.39 Å². The van der Waals surface area contributed by atoms with E-state index in [9.17, 15) is 4.39 Å². The molecule has 2 N–H and O–H groups in total. The van der Waals surface area contributed by atoms with Crippen molar-refractivity contribution in [3.05, 3.63) is 35.6 Å². The zero-order valence-electron chi connectivity index (χ0n) is 11.7. The quantitative estimate of drug-likeness (QED) is 0.792. The molecule has 1 aromatic rings. The summed E-state index contributed by atoms with van der Waals surface area (Å²) in [6.45, 7) is 6.77. The molecule has 0 heterocycles. The molecule has 2 rings (SSSR count). The van der Waals surface area contributed by atoms with Crippen LogP contribution < -0.4 is 5.73 Å². The van der Waals surface area contributed by atoms with Crippen LogP contribution in [0.5, 0.6) is 0 Å². The Balaban J connectivity index is 2.39. The van der Waals surface area contributed by atoms with E-state index in [0.29, 0.717) is 5.92 Å². The van der Waals surface area contributed by atoms with E-state index in [4.69, 9.17) is 5.73 Å². The molecule has 0 radical (unpaired) electrons. The predicted molar refractivity (Wildman–Crippen MR) is 73.7 cm³/mol. The fourth-order valence-corrected chi connectivity index (χ4v) is 3.51. The minimum atomic E-state index is -0.301. The molecule has 0 aliphatic heterocycles. The van der Waals surface area contributed by atoms with Crippen LogP contribution in [0.2, 0.25) is 0 Å². The molecule has 0 amide bonds. The van der Waals surface area contributed by atoms with Crippen molar-refractivity contribution in [3.63, 3.8) is 0 Å². The van der Waals surface area contributed by atoms with Gasteiger partial charge in [0.05, 0.1) is 0 Å². The van der Waals surface area contributed by atoms with Gasteiger partial charge in [0, 0.05) is 5.54 Å². The largest absolute Gasteiger partial charge is 0.321 e. The SMILES string of the molecule is CC(C)(C)C1CCCCC1(N)c1ccc(F)cc1. The Bertz CT molecular complexity index is 404. The van der Waals surface area contributed by atoms with Crippen molar-refractivity contribution >= 4 is 0 Å². The van der Waals surface area contributed by atoms with E-state index in [1.807, 2.05) is 12.1 Å². The van der Waals surface area contributed by atoms with Gasteiger partial charge in [0.2, 0.25) is 0 Å². The van der Waals surface area contributed by atoms with Crippen molar-refractivity contribution in [2.24, 2.45) is 17.1 Å². The van der Waals surface area contributed by atoms with E-state index in [2.05, 4.69) is 20.8 Å². The van der Waals surface area contributed by atoms with Gasteiger partial charge in [0.25, 0.3) is 0 Å². The molecule has 1 fully saturated rings. The summed E-state index contributed by atoms with van der Waals surface area (Å²) in [5, 5.41) is 0. The fraction of sp³-hybridized carbons (Fsp3) is 0.625. The first-order chi connectivity index (χ1) is 8.34. The maximum absolute atomic E-state index is 13.1. The highest BCUT2D eigenvalue weighted by atomic mass is 19.1. The molecular formula is C16H24FN. The number of rotatable bonds is 1. The van der Waals surface area contributed by atoms with Crippen molar-refractivity contribution in [1.82, 2.24) is 0 Å². The minimum absolute atomic E-state index is 0.184. The summed E-state index contributed by atoms with van der Waals surface area (Å²) in [5.74, 6) is 0.259. The van der Waals surface area contributed by atoms with Crippen LogP contribution >= 0.6 is 0 Å². The second-order valence-corrected chi connectivity index (χ2v) is 6.71. The van der Waals surface area contributed by atoms with Crippen LogP contribution in [-0.4, -0.2) is 0 Å². The van der Waals surface area contributed by atoms with Crippen molar-refractivity contribution in [3.8, 4) is 0 Å². The first kappa shape index (κ1) is 13.5. The monoisotopic (exact) mass is 249 g/mol. The van der Waals surface area contributed by atoms with E-state index < -0.39 is 0 Å². The number of nitrogens with two attached hydrogens (primary N) is 1. The second-order valence-electron chi connectivity index (χ2n) is 6.71. The van der Waals surface area contributed by atoms with Gasteiger partial charge in [0.15, 0.2) is 0 Å². The third kappa shape index (κ3) is 2.44. The molecule has 0 spiro atoms. The molecule has 1 aliphatic rings. The number of hydrogen-bond donors (Lipinski definition) is 1. The van der Waals surface area contributed by atoms with Crippen molar-refractivity contribution in [2.45, 2.75) is 52.0 Å². The van der Waals surface area contributed by atoms with Gasteiger partial charge in [0.1, 0.15) is 5.82 Å². The third-order valence-electron chi connectivity index (χ3n) is 4.38. The van der Waals surface area contributed by atoms with Gasteiger partial charge in [-0.3, -0.25) is 0 Å². The summed E-state index contributed by atoms with van der Waals surface area (Å²) in [6.07, 6.45) is 4.58. The van der Waals surface area contributed by atoms with Crippen LogP contribution in [0.25, 0.3) is 0 Å². The van der Waals surface area contributed by atoms with Gasteiger partial charge in [-0.05, 0) is 41.9 Å². The van der Waals surface area contributed by atoms with Gasteiger partial charge in [-0.1, -0.05) is 45.7 Å². The average Bonchev–Trinajstić information content (AvgIpc) is 2.28. The Kier molecular flexibility index (Phi) is 3.50. The Morgan fingerprint density at radius 3 is 2.33 bits per heavy atom. The molecule has 1 nitrogen and oxygen atoms in total. The highest BCUT2D eigenvalue weighted by Crippen LogP contribution is 2.48. The Hall–Kier alpha value is -0.890. The van der Waals surface area contributed by atoms with Crippen LogP contribution in [-0.2, 0) is 5.54 Å². The molecule has 1 saturated carbocycles. The molecule has 100 valence electrons. The van der Waals surface area contributed by atoms with Crippen molar-refractivity contribution < 1.29 is 4.39 Å². The fourth-order valence-electron chi connectivity index (χ4n) is 3.51. The normalized spacial score (nSPS) is 29.3. The summed E-state index contributed by atoms with van der Waals surface area (Å²) in [4.78, 5) is 0. The number of benzene rings is 1. The highest BCUT2D eigenvalue weighted by molar-refractivity contribution is 5.27. The van der Waals surface area contributed by atoms with Crippen molar-refractivity contribution in [2.75, 3.05) is 0 Å². The lowest BCUT2D eigenvalue weighted by Gasteiger charge is -2.48. The second kappa shape index (κ2) is 4.65. The summed E-state index contributed by atoms with van der Waals surface area (Å²) in [7, 11) is 0. The van der Waals surface area contributed by atoms with E-state index in [-0.39, 0.29) is 16.8 Å². The van der Waals surface area contributed by atoms with Crippen LogP contribution in [0.15, 0.2) is 24.3 Å². The summed E-state index contributed by atoms with van der Waals surface area (Å²) in [6, 6.07) is 6.77. The molecule has 0 saturated heterocycles. The van der Waals surface area contributed by atoms with Gasteiger partial charge in [-0.25, -0.2) is 4.39 Å². The Labute approximate surface area is 110 Å². The standard InChI is InChI=1S/C16H24FN/c1-15(2,3)14-6-4-5-11-16(14,18)12-7-9-13(17)10-8-12/h7-10,14H,4-6,11,18H2,1-3H3. The molecule has 1 aliphatic carbocycles. The van der Waals surface area contributed by atoms with Gasteiger partial charge < -0.3 is 5.73 Å². The molecule has 1 aromatic carbocycles. The maximum Gasteiger partial charge on any atom is 0.123 e. The smallest absolute Gasteiger partial charge is 0.123 e. The molecule has 18 heavy (non-hydrogen) atoms. The average molecular weight is 249 g/mol. The molecule has 0 aromatic heterocycles. The number of hydrogen-bond acceptors (Lipinski definition) is 1. The minimum Gasteiger partial charge on any atom is -0.321 e. The maximum atomic E-state index is 13.1. The van der Waals surface area contributed by atoms with Gasteiger partial charge in [-0.2, -0.15) is 0 Å². The zero-order valence-corrected chi connectivity index (χ0v) is 11.7. The molecule has 0 bridgehead atoms. The Morgan fingerprint density at radius 1 is 1.17 bits per heavy atom. The molecule has 2 unspecified atom stereocenters. The summed E-state index contributed by atoms with van der Waals surface area (Å²) >= 11 is 0. The first-order valence-corrected chi connectivity index (χ1v) is 6.89. The van der Waals surface area contributed by atoms with Crippen LogP contribution in [0.1, 0.15) is 52.0 Å². The first-order valence-electron chi connectivity index (χ1n) is 6.89. The molecule has 2 heteroatoms. The lowest BCUT2D eigenvalue weighted by molar-refractivity contribution is 0.0777. The summed E-state index contributed by atoms with van der Waals surface area (Å²) < 4.78 is 13.1. The van der Waals surface area contributed by atoms with Crippen LogP contribution in [0.3, 0.4) is 0 Å². The molecule has 2 atom stereocenters. The lowest BCUT2D eigenvalue weighted by atomic mass is 9.60. The van der Waals surface area contributed by atoms with E-state index in [1.54, 1.807) is 0 Å². The predicted octanol–water partition coefficient (Wildman–Crippen LogP) is 4.22. The van der Waals surface area contributed by atoms with Crippen molar-refractivity contribution in [1.29, 1.82) is 0 Å². The summed E-state index contributed by atoms with van der Waals surface area (Å²) in [5.41, 5.74) is 7.71. The Morgan fingerprint density at radius 2 is 1.78 bits per heavy atom. The van der Waals surface area contributed by atoms with Crippen LogP contribution in [0, 0.1) is 17.2 Å². The highest BCUT2D eigenvalue weighted by Gasteiger charge is 2.44. The third-order valence-corrected chi connectivity index (χ3v) is 4.38. The van der Waals surface area contributed by atoms with E-state index in [1.165, 1.54) is 25.0 Å². The van der Waals surface area contributed by atoms with E-state index in [0.717, 1.165) is 18.4 Å². The topological polar surface area (TPSA) is 26.0 Å².